The van der Waals surface area contributed by atoms with Crippen LogP contribution in [0.5, 0.6) is 5.75 Å². The van der Waals surface area contributed by atoms with Crippen LogP contribution in [0.25, 0.3) is 0 Å². The van der Waals surface area contributed by atoms with E-state index in [1.165, 1.54) is 0 Å². The molecule has 0 fully saturated rings. The van der Waals surface area contributed by atoms with E-state index in [-0.39, 0.29) is 0 Å². The van der Waals surface area contributed by atoms with Gasteiger partial charge in [0.25, 0.3) is 0 Å². The Morgan fingerprint density at radius 1 is 1.28 bits per heavy atom. The Balaban J connectivity index is 2.04. The molecule has 96 valence electrons. The smallest absolute Gasteiger partial charge is 0.123 e. The number of nitrogen functional groups attached to an aromatic ring is 1. The molecule has 0 bridgehead atoms. The van der Waals surface area contributed by atoms with Gasteiger partial charge in [0, 0.05) is 23.5 Å². The van der Waals surface area contributed by atoms with Crippen molar-refractivity contribution in [3.05, 3.63) is 41.9 Å². The first-order valence-corrected chi connectivity index (χ1v) is 6.00. The minimum absolute atomic E-state index is 0.625. The van der Waals surface area contributed by atoms with Crippen molar-refractivity contribution >= 4 is 11.4 Å². The number of anilines is 2. The van der Waals surface area contributed by atoms with Gasteiger partial charge in [-0.2, -0.15) is 0 Å². The van der Waals surface area contributed by atoms with Crippen molar-refractivity contribution in [1.82, 2.24) is 0 Å². The Kier molecular flexibility index (Phi) is 3.77. The number of nitrogens with one attached hydrogen (secondary N) is 1. The molecule has 2 rings (SSSR count). The maximum atomic E-state index is 5.82. The van der Waals surface area contributed by atoms with Crippen LogP contribution in [-0.4, -0.2) is 6.61 Å². The van der Waals surface area contributed by atoms with Crippen LogP contribution in [0.2, 0.25) is 0 Å². The average Bonchev–Trinajstić information content (AvgIpc) is 2.72. The number of nitrogens with two attached hydrogens (primary N) is 1. The fourth-order valence-corrected chi connectivity index (χ4v) is 1.74. The lowest BCUT2D eigenvalue weighted by molar-refractivity contribution is 0.340. The Morgan fingerprint density at radius 2 is 2.11 bits per heavy atom. The third-order valence-corrected chi connectivity index (χ3v) is 2.50. The van der Waals surface area contributed by atoms with Gasteiger partial charge in [-0.1, -0.05) is 0 Å². The molecule has 1 heterocycles. The van der Waals surface area contributed by atoms with Crippen LogP contribution in [0, 0.1) is 6.92 Å². The summed E-state index contributed by atoms with van der Waals surface area (Å²) in [5, 5.41) is 3.26. The van der Waals surface area contributed by atoms with Gasteiger partial charge in [-0.25, -0.2) is 0 Å². The molecule has 0 atom stereocenters. The Hall–Kier alpha value is -2.10. The van der Waals surface area contributed by atoms with E-state index in [4.69, 9.17) is 14.9 Å². The molecule has 0 saturated carbocycles. The van der Waals surface area contributed by atoms with Gasteiger partial charge in [-0.15, -0.1) is 0 Å². The fraction of sp³-hybridized carbons (Fsp3) is 0.286. The second kappa shape index (κ2) is 5.49. The molecule has 1 aromatic heterocycles. The van der Waals surface area contributed by atoms with Gasteiger partial charge in [0.15, 0.2) is 0 Å². The monoisotopic (exact) mass is 246 g/mol. The van der Waals surface area contributed by atoms with Crippen molar-refractivity contribution in [3.63, 3.8) is 0 Å². The topological polar surface area (TPSA) is 60.4 Å². The zero-order chi connectivity index (χ0) is 13.0. The van der Waals surface area contributed by atoms with E-state index in [0.717, 1.165) is 23.0 Å². The Labute approximate surface area is 107 Å². The first-order valence-electron chi connectivity index (χ1n) is 6.00. The summed E-state index contributed by atoms with van der Waals surface area (Å²) in [6, 6.07) is 9.51. The summed E-state index contributed by atoms with van der Waals surface area (Å²) in [6.07, 6.45) is 0. The van der Waals surface area contributed by atoms with E-state index in [2.05, 4.69) is 5.32 Å². The lowest BCUT2D eigenvalue weighted by Gasteiger charge is -2.09. The van der Waals surface area contributed by atoms with Crippen LogP contribution in [0.3, 0.4) is 0 Å². The van der Waals surface area contributed by atoms with Crippen LogP contribution in [0.4, 0.5) is 11.4 Å². The molecule has 0 aliphatic heterocycles. The normalized spacial score (nSPS) is 10.3. The van der Waals surface area contributed by atoms with E-state index in [9.17, 15) is 0 Å². The highest BCUT2D eigenvalue weighted by atomic mass is 16.5. The van der Waals surface area contributed by atoms with Crippen molar-refractivity contribution in [2.75, 3.05) is 17.7 Å². The predicted octanol–water partition coefficient (Wildman–Crippen LogP) is 3.18. The zero-order valence-electron chi connectivity index (χ0n) is 10.7. The van der Waals surface area contributed by atoms with E-state index >= 15 is 0 Å². The molecule has 0 saturated heterocycles. The molecule has 0 aliphatic rings. The van der Waals surface area contributed by atoms with Crippen LogP contribution < -0.4 is 15.8 Å². The highest BCUT2D eigenvalue weighted by molar-refractivity contribution is 5.59. The van der Waals surface area contributed by atoms with Gasteiger partial charge in [0.2, 0.25) is 0 Å². The summed E-state index contributed by atoms with van der Waals surface area (Å²) in [7, 11) is 0. The number of hydrogen-bond donors (Lipinski definition) is 2. The van der Waals surface area contributed by atoms with Crippen molar-refractivity contribution < 1.29 is 9.15 Å². The molecule has 0 spiro atoms. The predicted molar refractivity (Wildman–Crippen MR) is 72.8 cm³/mol. The number of benzene rings is 1. The molecule has 0 amide bonds. The number of hydrogen-bond acceptors (Lipinski definition) is 4. The maximum Gasteiger partial charge on any atom is 0.123 e. The summed E-state index contributed by atoms with van der Waals surface area (Å²) in [5.41, 5.74) is 7.42. The first-order chi connectivity index (χ1) is 8.67. The van der Waals surface area contributed by atoms with E-state index < -0.39 is 0 Å². The molecule has 2 aromatic rings. The standard InChI is InChI=1S/C14H18N2O2/c1-3-17-14-7-11(15)6-12(8-14)16-9-13-5-4-10(2)18-13/h4-8,16H,3,9,15H2,1-2H3. The van der Waals surface area contributed by atoms with Crippen LogP contribution >= 0.6 is 0 Å². The molecule has 0 aliphatic carbocycles. The Morgan fingerprint density at radius 3 is 2.78 bits per heavy atom. The molecule has 1 aromatic carbocycles. The zero-order valence-corrected chi connectivity index (χ0v) is 10.7. The molecule has 18 heavy (non-hydrogen) atoms. The summed E-state index contributed by atoms with van der Waals surface area (Å²) < 4.78 is 10.9. The molecule has 3 N–H and O–H groups in total. The van der Waals surface area contributed by atoms with Gasteiger partial charge in [-0.05, 0) is 32.0 Å². The molecular formula is C14H18N2O2. The highest BCUT2D eigenvalue weighted by Crippen LogP contribution is 2.23. The minimum atomic E-state index is 0.625. The minimum Gasteiger partial charge on any atom is -0.494 e. The number of rotatable bonds is 5. The molecule has 4 nitrogen and oxygen atoms in total. The van der Waals surface area contributed by atoms with Crippen molar-refractivity contribution in [2.45, 2.75) is 20.4 Å². The fourth-order valence-electron chi connectivity index (χ4n) is 1.74. The molecule has 4 heteroatoms. The molecule has 0 radical (unpaired) electrons. The van der Waals surface area contributed by atoms with Crippen molar-refractivity contribution in [3.8, 4) is 5.75 Å². The lowest BCUT2D eigenvalue weighted by atomic mass is 10.2. The van der Waals surface area contributed by atoms with Crippen molar-refractivity contribution in [1.29, 1.82) is 0 Å². The SMILES string of the molecule is CCOc1cc(N)cc(NCc2ccc(C)o2)c1. The van der Waals surface area contributed by atoms with Crippen LogP contribution in [-0.2, 0) is 6.54 Å². The Bertz CT molecular complexity index is 520. The largest absolute Gasteiger partial charge is 0.494 e. The van der Waals surface area contributed by atoms with E-state index in [0.29, 0.717) is 18.8 Å². The van der Waals surface area contributed by atoms with E-state index in [1.807, 2.05) is 44.2 Å². The third kappa shape index (κ3) is 3.20. The highest BCUT2D eigenvalue weighted by Gasteiger charge is 2.02. The summed E-state index contributed by atoms with van der Waals surface area (Å²) in [4.78, 5) is 0. The van der Waals surface area contributed by atoms with Crippen molar-refractivity contribution in [2.24, 2.45) is 0 Å². The summed E-state index contributed by atoms with van der Waals surface area (Å²) >= 11 is 0. The molecular weight excluding hydrogens is 228 g/mol. The van der Waals surface area contributed by atoms with Crippen LogP contribution in [0.15, 0.2) is 34.7 Å². The van der Waals surface area contributed by atoms with Crippen LogP contribution in [0.1, 0.15) is 18.4 Å². The summed E-state index contributed by atoms with van der Waals surface area (Å²) in [6.45, 7) is 5.13. The number of furan rings is 1. The summed E-state index contributed by atoms with van der Waals surface area (Å²) in [5.74, 6) is 2.58. The second-order valence-electron chi connectivity index (χ2n) is 4.09. The lowest BCUT2D eigenvalue weighted by Crippen LogP contribution is -2.00. The number of ether oxygens (including phenoxy) is 1. The first kappa shape index (κ1) is 12.4. The van der Waals surface area contributed by atoms with Gasteiger partial charge in [0.05, 0.1) is 13.2 Å². The van der Waals surface area contributed by atoms with Gasteiger partial charge >= 0.3 is 0 Å². The average molecular weight is 246 g/mol. The van der Waals surface area contributed by atoms with Gasteiger partial charge in [-0.3, -0.25) is 0 Å². The number of aryl methyl sites for hydroxylation is 1. The molecule has 0 unspecified atom stereocenters. The van der Waals surface area contributed by atoms with E-state index in [1.54, 1.807) is 0 Å². The maximum absolute atomic E-state index is 5.82. The second-order valence-corrected chi connectivity index (χ2v) is 4.09. The van der Waals surface area contributed by atoms with Gasteiger partial charge in [0.1, 0.15) is 17.3 Å². The third-order valence-electron chi connectivity index (χ3n) is 2.50. The van der Waals surface area contributed by atoms with Gasteiger partial charge < -0.3 is 20.2 Å². The quantitative estimate of drug-likeness (QED) is 0.795.